The van der Waals surface area contributed by atoms with Gasteiger partial charge in [-0.2, -0.15) is 13.2 Å². The van der Waals surface area contributed by atoms with Crippen molar-refractivity contribution in [3.05, 3.63) is 29.6 Å². The number of nitrogens with zero attached hydrogens (tertiary/aromatic N) is 1. The van der Waals surface area contributed by atoms with Gasteiger partial charge in [-0.15, -0.1) is 0 Å². The van der Waals surface area contributed by atoms with E-state index >= 15 is 0 Å². The number of benzene rings is 1. The summed E-state index contributed by atoms with van der Waals surface area (Å²) in [6, 6.07) is 2.50. The first-order valence-corrected chi connectivity index (χ1v) is 6.68. The Morgan fingerprint density at radius 3 is 2.65 bits per heavy atom. The van der Waals surface area contributed by atoms with E-state index in [-0.39, 0.29) is 11.7 Å². The summed E-state index contributed by atoms with van der Waals surface area (Å²) in [7, 11) is 2.01. The van der Waals surface area contributed by atoms with Gasteiger partial charge in [0.25, 0.3) is 0 Å². The third-order valence-corrected chi connectivity index (χ3v) is 3.61. The Morgan fingerprint density at radius 2 is 1.95 bits per heavy atom. The van der Waals surface area contributed by atoms with Gasteiger partial charge < -0.3 is 10.2 Å². The topological polar surface area (TPSA) is 15.3 Å². The molecule has 2 nitrogen and oxygen atoms in total. The molecule has 1 aromatic carbocycles. The van der Waals surface area contributed by atoms with Crippen molar-refractivity contribution in [2.75, 3.05) is 25.5 Å². The van der Waals surface area contributed by atoms with Crippen LogP contribution in [0.3, 0.4) is 0 Å². The lowest BCUT2D eigenvalue weighted by Gasteiger charge is -2.19. The lowest BCUT2D eigenvalue weighted by atomic mass is 10.1. The van der Waals surface area contributed by atoms with Gasteiger partial charge in [0.15, 0.2) is 0 Å². The maximum Gasteiger partial charge on any atom is 0.416 e. The molecule has 0 radical (unpaired) electrons. The molecule has 1 aliphatic heterocycles. The van der Waals surface area contributed by atoms with Gasteiger partial charge in [-0.25, -0.2) is 4.39 Å². The Balaban J connectivity index is 2.12. The van der Waals surface area contributed by atoms with Gasteiger partial charge >= 0.3 is 6.18 Å². The first-order valence-electron chi connectivity index (χ1n) is 6.68. The van der Waals surface area contributed by atoms with Crippen LogP contribution in [-0.4, -0.2) is 31.1 Å². The van der Waals surface area contributed by atoms with E-state index in [9.17, 15) is 17.6 Å². The largest absolute Gasteiger partial charge is 0.416 e. The van der Waals surface area contributed by atoms with Crippen LogP contribution in [0.5, 0.6) is 0 Å². The summed E-state index contributed by atoms with van der Waals surface area (Å²) in [6.45, 7) is 1.82. The molecule has 1 N–H and O–H groups in total. The number of hydrogen-bond acceptors (Lipinski definition) is 2. The summed E-state index contributed by atoms with van der Waals surface area (Å²) < 4.78 is 51.6. The standard InChI is InChI=1S/C14H18F4N2/c1-20-7-2-3-11(6-8-20)19-13-9-10(14(16,17)18)4-5-12(13)15/h4-5,9,11,19H,2-3,6-8H2,1H3. The minimum atomic E-state index is -4.45. The third-order valence-electron chi connectivity index (χ3n) is 3.61. The van der Waals surface area contributed by atoms with E-state index in [1.807, 2.05) is 7.05 Å². The number of anilines is 1. The van der Waals surface area contributed by atoms with Crippen LogP contribution in [-0.2, 0) is 6.18 Å². The number of halogens is 4. The molecule has 1 saturated heterocycles. The molecule has 1 unspecified atom stereocenters. The molecule has 2 rings (SSSR count). The van der Waals surface area contributed by atoms with Crippen LogP contribution < -0.4 is 5.32 Å². The van der Waals surface area contributed by atoms with E-state index in [2.05, 4.69) is 10.2 Å². The fourth-order valence-electron chi connectivity index (χ4n) is 2.42. The Morgan fingerprint density at radius 1 is 1.20 bits per heavy atom. The molecule has 1 aromatic rings. The van der Waals surface area contributed by atoms with Crippen molar-refractivity contribution in [1.82, 2.24) is 4.90 Å². The van der Waals surface area contributed by atoms with Crippen molar-refractivity contribution < 1.29 is 17.6 Å². The molecule has 0 spiro atoms. The monoisotopic (exact) mass is 290 g/mol. The molecular weight excluding hydrogens is 272 g/mol. The lowest BCUT2D eigenvalue weighted by Crippen LogP contribution is -2.23. The lowest BCUT2D eigenvalue weighted by molar-refractivity contribution is -0.137. The summed E-state index contributed by atoms with van der Waals surface area (Å²) in [5.41, 5.74) is -0.887. The number of rotatable bonds is 2. The molecule has 6 heteroatoms. The van der Waals surface area contributed by atoms with Crippen molar-refractivity contribution in [1.29, 1.82) is 0 Å². The predicted octanol–water partition coefficient (Wildman–Crippen LogP) is 3.74. The van der Waals surface area contributed by atoms with Gasteiger partial charge in [0.2, 0.25) is 0 Å². The zero-order chi connectivity index (χ0) is 14.8. The minimum Gasteiger partial charge on any atom is -0.380 e. The molecule has 1 atom stereocenters. The van der Waals surface area contributed by atoms with Crippen LogP contribution >= 0.6 is 0 Å². The molecule has 0 amide bonds. The average molecular weight is 290 g/mol. The highest BCUT2D eigenvalue weighted by Crippen LogP contribution is 2.32. The van der Waals surface area contributed by atoms with Gasteiger partial charge in [-0.1, -0.05) is 0 Å². The van der Waals surface area contributed by atoms with Crippen molar-refractivity contribution >= 4 is 5.69 Å². The van der Waals surface area contributed by atoms with E-state index in [1.54, 1.807) is 0 Å². The summed E-state index contributed by atoms with van der Waals surface area (Å²) in [5.74, 6) is -0.643. The Bertz CT molecular complexity index is 459. The number of likely N-dealkylation sites (tertiary alicyclic amines) is 1. The van der Waals surface area contributed by atoms with Gasteiger partial charge in [0, 0.05) is 6.04 Å². The summed E-state index contributed by atoms with van der Waals surface area (Å²) >= 11 is 0. The van der Waals surface area contributed by atoms with Crippen LogP contribution in [0.4, 0.5) is 23.2 Å². The van der Waals surface area contributed by atoms with Gasteiger partial charge in [-0.05, 0) is 57.6 Å². The van der Waals surface area contributed by atoms with E-state index in [1.165, 1.54) is 0 Å². The highest BCUT2D eigenvalue weighted by atomic mass is 19.4. The molecule has 1 aliphatic rings. The van der Waals surface area contributed by atoms with Crippen LogP contribution in [0.15, 0.2) is 18.2 Å². The third kappa shape index (κ3) is 3.85. The van der Waals surface area contributed by atoms with Crippen molar-refractivity contribution in [3.63, 3.8) is 0 Å². The van der Waals surface area contributed by atoms with Gasteiger partial charge in [0.05, 0.1) is 11.3 Å². The molecule has 1 heterocycles. The maximum atomic E-state index is 13.7. The fourth-order valence-corrected chi connectivity index (χ4v) is 2.42. The van der Waals surface area contributed by atoms with E-state index in [4.69, 9.17) is 0 Å². The number of nitrogens with one attached hydrogen (secondary N) is 1. The van der Waals surface area contributed by atoms with Crippen LogP contribution in [0.1, 0.15) is 24.8 Å². The highest BCUT2D eigenvalue weighted by molar-refractivity contribution is 5.48. The minimum absolute atomic E-state index is 0.0120. The average Bonchev–Trinajstić information content (AvgIpc) is 2.56. The fraction of sp³-hybridized carbons (Fsp3) is 0.571. The second-order valence-corrected chi connectivity index (χ2v) is 5.27. The zero-order valence-corrected chi connectivity index (χ0v) is 11.3. The highest BCUT2D eigenvalue weighted by Gasteiger charge is 2.31. The molecule has 112 valence electrons. The van der Waals surface area contributed by atoms with Crippen molar-refractivity contribution in [3.8, 4) is 0 Å². The quantitative estimate of drug-likeness (QED) is 0.835. The van der Waals surface area contributed by atoms with Gasteiger partial charge in [-0.3, -0.25) is 0 Å². The molecule has 1 fully saturated rings. The maximum absolute atomic E-state index is 13.7. The second kappa shape index (κ2) is 5.99. The Kier molecular flexibility index (Phi) is 4.52. The number of hydrogen-bond donors (Lipinski definition) is 1. The normalized spacial score (nSPS) is 21.6. The van der Waals surface area contributed by atoms with Crippen molar-refractivity contribution in [2.45, 2.75) is 31.5 Å². The molecule has 0 aromatic heterocycles. The molecule has 20 heavy (non-hydrogen) atoms. The summed E-state index contributed by atoms with van der Waals surface area (Å²) in [6.07, 6.45) is -1.87. The predicted molar refractivity (Wildman–Crippen MR) is 70.2 cm³/mol. The Hall–Kier alpha value is -1.30. The summed E-state index contributed by atoms with van der Waals surface area (Å²) in [5, 5.41) is 2.92. The second-order valence-electron chi connectivity index (χ2n) is 5.27. The van der Waals surface area contributed by atoms with Gasteiger partial charge in [0.1, 0.15) is 5.82 Å². The molecular formula is C14H18F4N2. The van der Waals surface area contributed by atoms with Crippen molar-refractivity contribution in [2.24, 2.45) is 0 Å². The summed E-state index contributed by atoms with van der Waals surface area (Å²) in [4.78, 5) is 2.17. The van der Waals surface area contributed by atoms with Crippen LogP contribution in [0, 0.1) is 5.82 Å². The van der Waals surface area contributed by atoms with Crippen LogP contribution in [0.2, 0.25) is 0 Å². The zero-order valence-electron chi connectivity index (χ0n) is 11.3. The smallest absolute Gasteiger partial charge is 0.380 e. The molecule has 0 bridgehead atoms. The molecule has 0 saturated carbocycles. The Labute approximate surface area is 115 Å². The van der Waals surface area contributed by atoms with E-state index in [0.717, 1.165) is 50.6 Å². The first-order chi connectivity index (χ1) is 9.36. The van der Waals surface area contributed by atoms with E-state index in [0.29, 0.717) is 0 Å². The van der Waals surface area contributed by atoms with E-state index < -0.39 is 17.6 Å². The first kappa shape index (κ1) is 15.1. The number of alkyl halides is 3. The SMILES string of the molecule is CN1CCCC(Nc2cc(C(F)(F)F)ccc2F)CC1. The van der Waals surface area contributed by atoms with Crippen LogP contribution in [0.25, 0.3) is 0 Å². The molecule has 0 aliphatic carbocycles.